The molecule has 1 rings (SSSR count). The van der Waals surface area contributed by atoms with Crippen molar-refractivity contribution >= 4 is 24.0 Å². The van der Waals surface area contributed by atoms with Crippen molar-refractivity contribution in [2.75, 3.05) is 27.3 Å². The molecule has 0 bridgehead atoms. The average Bonchev–Trinajstić information content (AvgIpc) is 2.53. The first-order chi connectivity index (χ1) is 11.4. The predicted octanol–water partition coefficient (Wildman–Crippen LogP) is 1.30. The number of ether oxygens (including phenoxy) is 3. The van der Waals surface area contributed by atoms with E-state index in [-0.39, 0.29) is 12.6 Å². The van der Waals surface area contributed by atoms with E-state index in [2.05, 4.69) is 4.74 Å². The Kier molecular flexibility index (Phi) is 12.1. The molecule has 1 unspecified atom stereocenters. The van der Waals surface area contributed by atoms with Gasteiger partial charge in [-0.25, -0.2) is 9.80 Å². The van der Waals surface area contributed by atoms with Crippen LogP contribution in [0.15, 0.2) is 36.6 Å². The Morgan fingerprint density at radius 1 is 1.42 bits per heavy atom. The quantitative estimate of drug-likeness (QED) is 0.223. The van der Waals surface area contributed by atoms with Gasteiger partial charge >= 0.3 is 5.97 Å². The topological polar surface area (TPSA) is 111 Å². The SMILES string of the molecule is COC(COc1ccc(Cl)cc1)CN(C)N.O=CO/C=C/C(=O)O. The summed E-state index contributed by atoms with van der Waals surface area (Å²) in [7, 11) is 3.42. The molecular weight excluding hydrogens is 340 g/mol. The van der Waals surface area contributed by atoms with Crippen LogP contribution in [0.25, 0.3) is 0 Å². The highest BCUT2D eigenvalue weighted by Gasteiger charge is 2.09. The second kappa shape index (κ2) is 13.3. The molecule has 0 heterocycles. The van der Waals surface area contributed by atoms with E-state index < -0.39 is 5.97 Å². The summed E-state index contributed by atoms with van der Waals surface area (Å²) in [5.74, 6) is 5.16. The second-order valence-corrected chi connectivity index (χ2v) is 4.87. The molecule has 0 saturated carbocycles. The molecule has 0 amide bonds. The lowest BCUT2D eigenvalue weighted by Gasteiger charge is -2.19. The number of aliphatic carboxylic acids is 1. The maximum atomic E-state index is 9.59. The first kappa shape index (κ1) is 21.9. The van der Waals surface area contributed by atoms with E-state index in [9.17, 15) is 9.59 Å². The number of rotatable bonds is 9. The number of nitrogens with zero attached hydrogens (tertiary/aromatic N) is 1. The summed E-state index contributed by atoms with van der Waals surface area (Å²) in [6.07, 6.45) is 1.45. The first-order valence-electron chi connectivity index (χ1n) is 6.74. The zero-order valence-corrected chi connectivity index (χ0v) is 14.2. The van der Waals surface area contributed by atoms with Crippen molar-refractivity contribution in [2.24, 2.45) is 5.84 Å². The second-order valence-electron chi connectivity index (χ2n) is 4.44. The Morgan fingerprint density at radius 3 is 2.50 bits per heavy atom. The summed E-state index contributed by atoms with van der Waals surface area (Å²) in [4.78, 5) is 18.9. The largest absolute Gasteiger partial charge is 0.491 e. The van der Waals surface area contributed by atoms with Crippen LogP contribution in [0.4, 0.5) is 0 Å². The van der Waals surface area contributed by atoms with Crippen LogP contribution in [0, 0.1) is 0 Å². The van der Waals surface area contributed by atoms with Crippen LogP contribution in [0.3, 0.4) is 0 Å². The van der Waals surface area contributed by atoms with Crippen LogP contribution in [-0.2, 0) is 19.1 Å². The zero-order valence-electron chi connectivity index (χ0n) is 13.4. The first-order valence-corrected chi connectivity index (χ1v) is 7.12. The highest BCUT2D eigenvalue weighted by atomic mass is 35.5. The van der Waals surface area contributed by atoms with Crippen LogP contribution in [0.1, 0.15) is 0 Å². The lowest BCUT2D eigenvalue weighted by Crippen LogP contribution is -2.38. The Balaban J connectivity index is 0.000000561. The number of methoxy groups -OCH3 is 1. The van der Waals surface area contributed by atoms with Crippen molar-refractivity contribution < 1.29 is 28.9 Å². The summed E-state index contributed by atoms with van der Waals surface area (Å²) in [6.45, 7) is 1.21. The van der Waals surface area contributed by atoms with Crippen molar-refractivity contribution in [1.29, 1.82) is 0 Å². The standard InChI is InChI=1S/C11H17ClN2O2.C4H4O4/c1-14(13)7-11(15-2)8-16-10-5-3-9(12)4-6-10;5-3-8-2-1-4(6)7/h3-6,11H,7-8,13H2,1-2H3;1-3H,(H,6,7)/b;2-1+. The number of hydrogen-bond acceptors (Lipinski definition) is 7. The Morgan fingerprint density at radius 2 is 2.04 bits per heavy atom. The van der Waals surface area contributed by atoms with Gasteiger partial charge in [0.1, 0.15) is 24.7 Å². The van der Waals surface area contributed by atoms with Crippen LogP contribution in [0.5, 0.6) is 5.75 Å². The molecule has 24 heavy (non-hydrogen) atoms. The van der Waals surface area contributed by atoms with Crippen molar-refractivity contribution in [3.63, 3.8) is 0 Å². The van der Waals surface area contributed by atoms with Crippen molar-refractivity contribution in [2.45, 2.75) is 6.10 Å². The third-order valence-electron chi connectivity index (χ3n) is 2.42. The van der Waals surface area contributed by atoms with Gasteiger partial charge in [-0.15, -0.1) is 0 Å². The third kappa shape index (κ3) is 12.4. The highest BCUT2D eigenvalue weighted by molar-refractivity contribution is 6.30. The number of hydrazine groups is 1. The molecule has 0 fully saturated rings. The van der Waals surface area contributed by atoms with Crippen LogP contribution in [0.2, 0.25) is 5.02 Å². The van der Waals surface area contributed by atoms with Crippen molar-refractivity contribution in [3.8, 4) is 5.75 Å². The van der Waals surface area contributed by atoms with Gasteiger partial charge in [0.15, 0.2) is 0 Å². The number of nitrogens with two attached hydrogens (primary N) is 1. The minimum absolute atomic E-state index is 0.0503. The Labute approximate surface area is 145 Å². The minimum atomic E-state index is -1.15. The van der Waals surface area contributed by atoms with Crippen molar-refractivity contribution in [1.82, 2.24) is 5.01 Å². The molecule has 3 N–H and O–H groups in total. The molecule has 0 saturated heterocycles. The molecule has 9 heteroatoms. The molecule has 0 radical (unpaired) electrons. The van der Waals surface area contributed by atoms with Gasteiger partial charge in [0.05, 0.1) is 6.08 Å². The van der Waals surface area contributed by atoms with E-state index in [1.165, 1.54) is 0 Å². The lowest BCUT2D eigenvalue weighted by atomic mass is 10.3. The van der Waals surface area contributed by atoms with E-state index in [1.54, 1.807) is 31.3 Å². The van der Waals surface area contributed by atoms with Crippen molar-refractivity contribution in [3.05, 3.63) is 41.6 Å². The molecule has 0 aromatic heterocycles. The molecule has 8 nitrogen and oxygen atoms in total. The van der Waals surface area contributed by atoms with Gasteiger partial charge in [0.2, 0.25) is 0 Å². The van der Waals surface area contributed by atoms with Gasteiger partial charge in [0, 0.05) is 25.7 Å². The molecule has 0 aliphatic carbocycles. The normalized spacial score (nSPS) is 11.5. The monoisotopic (exact) mass is 360 g/mol. The van der Waals surface area contributed by atoms with Crippen LogP contribution in [-0.4, -0.2) is 56.0 Å². The highest BCUT2D eigenvalue weighted by Crippen LogP contribution is 2.15. The minimum Gasteiger partial charge on any atom is -0.491 e. The number of hydrogen-bond donors (Lipinski definition) is 2. The molecule has 1 aromatic rings. The average molecular weight is 361 g/mol. The molecule has 0 aliphatic rings. The summed E-state index contributed by atoms with van der Waals surface area (Å²) in [5, 5.41) is 10.1. The molecule has 134 valence electrons. The Bertz CT molecular complexity index is 507. The number of carbonyl (C=O) groups excluding carboxylic acids is 1. The number of benzene rings is 1. The maximum Gasteiger partial charge on any atom is 0.331 e. The predicted molar refractivity (Wildman–Crippen MR) is 88.5 cm³/mol. The summed E-state index contributed by atoms with van der Waals surface area (Å²) in [5.41, 5.74) is 0. The fourth-order valence-electron chi connectivity index (χ4n) is 1.37. The van der Waals surface area contributed by atoms with Gasteiger partial charge in [-0.2, -0.15) is 0 Å². The molecule has 1 atom stereocenters. The molecular formula is C15H21ClN2O6. The maximum absolute atomic E-state index is 9.59. The van der Waals surface area contributed by atoms with E-state index in [0.717, 1.165) is 12.0 Å². The molecule has 0 aliphatic heterocycles. The number of halogens is 1. The number of carboxylic acid groups (broad SMARTS) is 1. The molecule has 0 spiro atoms. The number of carbonyl (C=O) groups is 2. The number of likely N-dealkylation sites (N-methyl/N-ethyl adjacent to an activating group) is 1. The number of carboxylic acids is 1. The smallest absolute Gasteiger partial charge is 0.331 e. The van der Waals surface area contributed by atoms with Gasteiger partial charge in [0.25, 0.3) is 6.47 Å². The Hall–Kier alpha value is -2.13. The fourth-order valence-corrected chi connectivity index (χ4v) is 1.49. The van der Waals surface area contributed by atoms with Crippen LogP contribution >= 0.6 is 11.6 Å². The summed E-state index contributed by atoms with van der Waals surface area (Å²) in [6, 6.07) is 7.21. The zero-order chi connectivity index (χ0) is 18.4. The van der Waals surface area contributed by atoms with Gasteiger partial charge < -0.3 is 19.3 Å². The van der Waals surface area contributed by atoms with E-state index in [0.29, 0.717) is 24.3 Å². The molecule has 1 aromatic carbocycles. The fraction of sp³-hybridized carbons (Fsp3) is 0.333. The summed E-state index contributed by atoms with van der Waals surface area (Å²) >= 11 is 5.77. The van der Waals surface area contributed by atoms with E-state index in [4.69, 9.17) is 32.0 Å². The van der Waals surface area contributed by atoms with Crippen LogP contribution < -0.4 is 10.6 Å². The van der Waals surface area contributed by atoms with Gasteiger partial charge in [-0.3, -0.25) is 10.6 Å². The van der Waals surface area contributed by atoms with Gasteiger partial charge in [-0.1, -0.05) is 11.6 Å². The van der Waals surface area contributed by atoms with E-state index in [1.807, 2.05) is 12.1 Å². The van der Waals surface area contributed by atoms with E-state index >= 15 is 0 Å². The van der Waals surface area contributed by atoms with Gasteiger partial charge in [-0.05, 0) is 24.3 Å². The summed E-state index contributed by atoms with van der Waals surface area (Å²) < 4.78 is 14.7. The lowest BCUT2D eigenvalue weighted by molar-refractivity contribution is -0.131. The third-order valence-corrected chi connectivity index (χ3v) is 2.67.